The summed E-state index contributed by atoms with van der Waals surface area (Å²) in [5.74, 6) is -0.539. The Morgan fingerprint density at radius 3 is 2.81 bits per heavy atom. The van der Waals surface area contributed by atoms with Gasteiger partial charge in [0.2, 0.25) is 0 Å². The molecule has 1 saturated carbocycles. The molecule has 1 fully saturated rings. The number of ether oxygens (including phenoxy) is 1. The van der Waals surface area contributed by atoms with E-state index >= 15 is 0 Å². The molecular weight excluding hydrogens is 211 g/mol. The number of rotatable bonds is 3. The molecule has 4 nitrogen and oxygen atoms in total. The Kier molecular flexibility index (Phi) is 2.77. The molecule has 1 aromatic rings. The lowest BCUT2D eigenvalue weighted by Gasteiger charge is -2.13. The zero-order valence-electron chi connectivity index (χ0n) is 9.24. The first-order valence-electron chi connectivity index (χ1n) is 5.12. The number of aromatic nitrogens is 1. The molecule has 0 bridgehead atoms. The third-order valence-corrected chi connectivity index (χ3v) is 2.25. The summed E-state index contributed by atoms with van der Waals surface area (Å²) in [4.78, 5) is 16.9. The number of hydrogen-bond donors (Lipinski definition) is 0. The van der Waals surface area contributed by atoms with Gasteiger partial charge in [-0.1, -0.05) is 0 Å². The summed E-state index contributed by atoms with van der Waals surface area (Å²) in [6, 6.07) is 1.21. The summed E-state index contributed by atoms with van der Waals surface area (Å²) in [7, 11) is 3.24. The highest BCUT2D eigenvalue weighted by atomic mass is 19.1. The molecule has 5 heteroatoms. The molecule has 1 aliphatic rings. The maximum absolute atomic E-state index is 13.0. The van der Waals surface area contributed by atoms with Crippen molar-refractivity contribution < 1.29 is 13.9 Å². The van der Waals surface area contributed by atoms with Crippen LogP contribution < -0.4 is 4.74 Å². The Hall–Kier alpha value is -1.65. The van der Waals surface area contributed by atoms with Crippen LogP contribution in [0.1, 0.15) is 23.3 Å². The molecule has 0 spiro atoms. The highest BCUT2D eigenvalue weighted by Crippen LogP contribution is 2.29. The van der Waals surface area contributed by atoms with Crippen LogP contribution in [-0.2, 0) is 0 Å². The maximum Gasteiger partial charge on any atom is 0.275 e. The van der Waals surface area contributed by atoms with E-state index in [-0.39, 0.29) is 23.5 Å². The van der Waals surface area contributed by atoms with Crippen molar-refractivity contribution in [2.45, 2.75) is 18.9 Å². The Labute approximate surface area is 93.0 Å². The van der Waals surface area contributed by atoms with E-state index in [2.05, 4.69) is 4.98 Å². The van der Waals surface area contributed by atoms with Crippen LogP contribution in [-0.4, -0.2) is 36.0 Å². The smallest absolute Gasteiger partial charge is 0.275 e. The minimum absolute atomic E-state index is 0.109. The van der Waals surface area contributed by atoms with E-state index in [1.54, 1.807) is 14.1 Å². The van der Waals surface area contributed by atoms with Crippen molar-refractivity contribution >= 4 is 5.91 Å². The minimum atomic E-state index is -0.494. The van der Waals surface area contributed by atoms with Crippen molar-refractivity contribution in [1.29, 1.82) is 0 Å². The van der Waals surface area contributed by atoms with Gasteiger partial charge in [0.1, 0.15) is 5.82 Å². The van der Waals surface area contributed by atoms with Crippen LogP contribution >= 0.6 is 0 Å². The average molecular weight is 224 g/mol. The standard InChI is InChI=1S/C11H13FN2O2/c1-14(2)11(15)10-9(16-8-3-4-8)5-7(12)6-13-10/h5-6,8H,3-4H2,1-2H3. The van der Waals surface area contributed by atoms with Gasteiger partial charge in [0, 0.05) is 20.2 Å². The van der Waals surface area contributed by atoms with Gasteiger partial charge in [-0.05, 0) is 12.8 Å². The van der Waals surface area contributed by atoms with Crippen LogP contribution in [0.2, 0.25) is 0 Å². The number of pyridine rings is 1. The molecule has 1 amide bonds. The lowest BCUT2D eigenvalue weighted by Crippen LogP contribution is -2.23. The lowest BCUT2D eigenvalue weighted by atomic mass is 10.3. The molecule has 1 aromatic heterocycles. The fraction of sp³-hybridized carbons (Fsp3) is 0.455. The molecule has 0 saturated heterocycles. The highest BCUT2D eigenvalue weighted by Gasteiger charge is 2.27. The van der Waals surface area contributed by atoms with Gasteiger partial charge in [-0.3, -0.25) is 4.79 Å². The third-order valence-electron chi connectivity index (χ3n) is 2.25. The summed E-state index contributed by atoms with van der Waals surface area (Å²) in [5, 5.41) is 0. The second-order valence-corrected chi connectivity index (χ2v) is 4.02. The molecule has 0 unspecified atom stereocenters. The van der Waals surface area contributed by atoms with E-state index in [1.807, 2.05) is 0 Å². The highest BCUT2D eigenvalue weighted by molar-refractivity contribution is 5.94. The van der Waals surface area contributed by atoms with Gasteiger partial charge in [0.25, 0.3) is 5.91 Å². The molecule has 1 aliphatic carbocycles. The number of amides is 1. The van der Waals surface area contributed by atoms with Crippen molar-refractivity contribution in [3.05, 3.63) is 23.8 Å². The summed E-state index contributed by atoms with van der Waals surface area (Å²) in [6.45, 7) is 0. The molecule has 0 radical (unpaired) electrons. The van der Waals surface area contributed by atoms with Crippen LogP contribution in [0.5, 0.6) is 5.75 Å². The molecule has 0 aliphatic heterocycles. The van der Waals surface area contributed by atoms with Gasteiger partial charge >= 0.3 is 0 Å². The minimum Gasteiger partial charge on any atom is -0.488 e. The van der Waals surface area contributed by atoms with Crippen molar-refractivity contribution in [3.8, 4) is 5.75 Å². The van der Waals surface area contributed by atoms with E-state index in [0.717, 1.165) is 19.0 Å². The number of carbonyl (C=O) groups is 1. The number of hydrogen-bond acceptors (Lipinski definition) is 3. The predicted molar refractivity (Wildman–Crippen MR) is 55.9 cm³/mol. The first-order valence-corrected chi connectivity index (χ1v) is 5.12. The van der Waals surface area contributed by atoms with Crippen LogP contribution in [0.4, 0.5) is 4.39 Å². The Balaban J connectivity index is 2.30. The normalized spacial score (nSPS) is 14.7. The van der Waals surface area contributed by atoms with Gasteiger partial charge in [0.15, 0.2) is 11.4 Å². The molecule has 1 heterocycles. The van der Waals surface area contributed by atoms with Crippen LogP contribution in [0.3, 0.4) is 0 Å². The van der Waals surface area contributed by atoms with Crippen molar-refractivity contribution in [2.75, 3.05) is 14.1 Å². The summed E-state index contributed by atoms with van der Waals surface area (Å²) < 4.78 is 18.5. The van der Waals surface area contributed by atoms with E-state index in [4.69, 9.17) is 4.74 Å². The fourth-order valence-electron chi connectivity index (χ4n) is 1.25. The molecule has 0 atom stereocenters. The molecule has 2 rings (SSSR count). The molecule has 86 valence electrons. The van der Waals surface area contributed by atoms with E-state index in [1.165, 1.54) is 11.0 Å². The van der Waals surface area contributed by atoms with Gasteiger partial charge < -0.3 is 9.64 Å². The summed E-state index contributed by atoms with van der Waals surface area (Å²) in [6.07, 6.45) is 3.03. The van der Waals surface area contributed by atoms with Gasteiger partial charge in [-0.15, -0.1) is 0 Å². The quantitative estimate of drug-likeness (QED) is 0.780. The van der Waals surface area contributed by atoms with Crippen LogP contribution in [0, 0.1) is 5.82 Å². The van der Waals surface area contributed by atoms with Crippen LogP contribution in [0.15, 0.2) is 12.3 Å². The topological polar surface area (TPSA) is 42.4 Å². The molecule has 0 N–H and O–H groups in total. The fourth-order valence-corrected chi connectivity index (χ4v) is 1.25. The SMILES string of the molecule is CN(C)C(=O)c1ncc(F)cc1OC1CC1. The molecule has 16 heavy (non-hydrogen) atoms. The van der Waals surface area contributed by atoms with Gasteiger partial charge in [-0.25, -0.2) is 9.37 Å². The van der Waals surface area contributed by atoms with Crippen molar-refractivity contribution in [1.82, 2.24) is 9.88 Å². The second-order valence-electron chi connectivity index (χ2n) is 4.02. The zero-order chi connectivity index (χ0) is 11.7. The van der Waals surface area contributed by atoms with E-state index in [9.17, 15) is 9.18 Å². The lowest BCUT2D eigenvalue weighted by molar-refractivity contribution is 0.0816. The first-order chi connectivity index (χ1) is 7.58. The Morgan fingerprint density at radius 2 is 2.25 bits per heavy atom. The monoisotopic (exact) mass is 224 g/mol. The Bertz CT molecular complexity index is 416. The predicted octanol–water partition coefficient (Wildman–Crippen LogP) is 1.46. The van der Waals surface area contributed by atoms with E-state index < -0.39 is 5.82 Å². The van der Waals surface area contributed by atoms with Crippen LogP contribution in [0.25, 0.3) is 0 Å². The first kappa shape index (κ1) is 10.9. The largest absolute Gasteiger partial charge is 0.488 e. The summed E-state index contributed by atoms with van der Waals surface area (Å²) in [5.41, 5.74) is 0.165. The zero-order valence-corrected chi connectivity index (χ0v) is 9.24. The second kappa shape index (κ2) is 4.08. The average Bonchev–Trinajstić information content (AvgIpc) is 3.01. The molecular formula is C11H13FN2O2. The van der Waals surface area contributed by atoms with E-state index in [0.29, 0.717) is 0 Å². The summed E-state index contributed by atoms with van der Waals surface area (Å²) >= 11 is 0. The van der Waals surface area contributed by atoms with Crippen molar-refractivity contribution in [2.24, 2.45) is 0 Å². The molecule has 0 aromatic carbocycles. The van der Waals surface area contributed by atoms with Gasteiger partial charge in [0.05, 0.1) is 12.3 Å². The number of halogens is 1. The number of carbonyl (C=O) groups excluding carboxylic acids is 1. The maximum atomic E-state index is 13.0. The van der Waals surface area contributed by atoms with Gasteiger partial charge in [-0.2, -0.15) is 0 Å². The third kappa shape index (κ3) is 2.29. The Morgan fingerprint density at radius 1 is 1.56 bits per heavy atom. The number of nitrogens with zero attached hydrogens (tertiary/aromatic N) is 2. The van der Waals surface area contributed by atoms with Crippen molar-refractivity contribution in [3.63, 3.8) is 0 Å².